The average Bonchev–Trinajstić information content (AvgIpc) is 3.30. The minimum atomic E-state index is -0.181. The van der Waals surface area contributed by atoms with Gasteiger partial charge in [-0.25, -0.2) is 9.37 Å². The number of hydrogen-bond acceptors (Lipinski definition) is 6. The molecule has 8 heteroatoms. The number of piperidine rings is 1. The molecule has 2 saturated heterocycles. The SMILES string of the molecule is Nc1nc(N2CC[C@]3(CCCN(Cc4ccc(F)cc4)C3)C2)c2[nH]cnc2n1. The predicted molar refractivity (Wildman–Crippen MR) is 106 cm³/mol. The molecule has 0 unspecified atom stereocenters. The monoisotopic (exact) mass is 381 g/mol. The molecule has 7 nitrogen and oxygen atoms in total. The normalized spacial score (nSPS) is 23.1. The summed E-state index contributed by atoms with van der Waals surface area (Å²) < 4.78 is 13.2. The summed E-state index contributed by atoms with van der Waals surface area (Å²) in [5.74, 6) is 0.934. The van der Waals surface area contributed by atoms with Crippen molar-refractivity contribution in [2.24, 2.45) is 5.41 Å². The van der Waals surface area contributed by atoms with Crippen LogP contribution in [0.2, 0.25) is 0 Å². The first-order chi connectivity index (χ1) is 13.6. The third kappa shape index (κ3) is 3.17. The summed E-state index contributed by atoms with van der Waals surface area (Å²) in [6.07, 6.45) is 5.17. The Morgan fingerprint density at radius 3 is 2.82 bits per heavy atom. The van der Waals surface area contributed by atoms with Gasteiger partial charge in [-0.15, -0.1) is 0 Å². The lowest BCUT2D eigenvalue weighted by molar-refractivity contribution is 0.0991. The summed E-state index contributed by atoms with van der Waals surface area (Å²) in [5.41, 5.74) is 8.79. The van der Waals surface area contributed by atoms with E-state index < -0.39 is 0 Å². The number of benzene rings is 1. The molecule has 28 heavy (non-hydrogen) atoms. The zero-order valence-corrected chi connectivity index (χ0v) is 15.7. The molecular weight excluding hydrogens is 357 g/mol. The van der Waals surface area contributed by atoms with Gasteiger partial charge in [0.2, 0.25) is 5.95 Å². The summed E-state index contributed by atoms with van der Waals surface area (Å²) in [5, 5.41) is 0. The van der Waals surface area contributed by atoms with Crippen LogP contribution in [0, 0.1) is 11.2 Å². The number of likely N-dealkylation sites (tertiary alicyclic amines) is 1. The smallest absolute Gasteiger partial charge is 0.224 e. The van der Waals surface area contributed by atoms with E-state index in [9.17, 15) is 4.39 Å². The quantitative estimate of drug-likeness (QED) is 0.725. The van der Waals surface area contributed by atoms with E-state index in [2.05, 4.69) is 29.7 Å². The van der Waals surface area contributed by atoms with E-state index in [4.69, 9.17) is 5.73 Å². The van der Waals surface area contributed by atoms with Crippen LogP contribution in [-0.2, 0) is 6.54 Å². The number of aromatic nitrogens is 4. The van der Waals surface area contributed by atoms with E-state index in [0.717, 1.165) is 56.0 Å². The number of halogens is 1. The van der Waals surface area contributed by atoms with E-state index in [1.54, 1.807) is 18.5 Å². The highest BCUT2D eigenvalue weighted by molar-refractivity contribution is 5.84. The number of imidazole rings is 1. The van der Waals surface area contributed by atoms with E-state index in [1.165, 1.54) is 12.8 Å². The molecule has 0 bridgehead atoms. The number of hydrogen-bond donors (Lipinski definition) is 2. The average molecular weight is 381 g/mol. The van der Waals surface area contributed by atoms with Crippen LogP contribution in [0.4, 0.5) is 16.2 Å². The van der Waals surface area contributed by atoms with Gasteiger partial charge in [0.05, 0.1) is 6.33 Å². The highest BCUT2D eigenvalue weighted by atomic mass is 19.1. The van der Waals surface area contributed by atoms with Gasteiger partial charge in [-0.3, -0.25) is 4.90 Å². The molecule has 5 rings (SSSR count). The van der Waals surface area contributed by atoms with E-state index in [0.29, 0.717) is 5.65 Å². The Kier molecular flexibility index (Phi) is 4.16. The van der Waals surface area contributed by atoms with Crippen molar-refractivity contribution in [1.82, 2.24) is 24.8 Å². The molecule has 0 aliphatic carbocycles. The highest BCUT2D eigenvalue weighted by Gasteiger charge is 2.42. The maximum atomic E-state index is 13.2. The molecule has 0 saturated carbocycles. The lowest BCUT2D eigenvalue weighted by atomic mass is 9.79. The molecule has 2 aliphatic heterocycles. The number of nitrogens with one attached hydrogen (secondary N) is 1. The number of aromatic amines is 1. The first-order valence-corrected chi connectivity index (χ1v) is 9.79. The fourth-order valence-corrected chi connectivity index (χ4v) is 4.81. The van der Waals surface area contributed by atoms with Crippen LogP contribution >= 0.6 is 0 Å². The second-order valence-electron chi connectivity index (χ2n) is 8.12. The number of nitrogens with zero attached hydrogens (tertiary/aromatic N) is 5. The first kappa shape index (κ1) is 17.4. The second kappa shape index (κ2) is 6.70. The molecule has 146 valence electrons. The minimum absolute atomic E-state index is 0.181. The molecule has 1 spiro atoms. The van der Waals surface area contributed by atoms with Gasteiger partial charge in [0, 0.05) is 31.6 Å². The lowest BCUT2D eigenvalue weighted by Gasteiger charge is -2.40. The van der Waals surface area contributed by atoms with E-state index in [-0.39, 0.29) is 17.2 Å². The zero-order valence-electron chi connectivity index (χ0n) is 15.7. The summed E-state index contributed by atoms with van der Waals surface area (Å²) >= 11 is 0. The molecule has 0 radical (unpaired) electrons. The highest BCUT2D eigenvalue weighted by Crippen LogP contribution is 2.41. The van der Waals surface area contributed by atoms with E-state index >= 15 is 0 Å². The number of nitrogens with two attached hydrogens (primary N) is 1. The summed E-state index contributed by atoms with van der Waals surface area (Å²) in [6.45, 7) is 4.91. The van der Waals surface area contributed by atoms with Crippen molar-refractivity contribution < 1.29 is 4.39 Å². The van der Waals surface area contributed by atoms with Crippen molar-refractivity contribution in [2.45, 2.75) is 25.8 Å². The third-order valence-corrected chi connectivity index (χ3v) is 6.08. The molecule has 3 aromatic rings. The van der Waals surface area contributed by atoms with Gasteiger partial charge in [-0.05, 0) is 43.5 Å². The van der Waals surface area contributed by atoms with Gasteiger partial charge in [0.15, 0.2) is 11.5 Å². The molecule has 1 atom stereocenters. The second-order valence-corrected chi connectivity index (χ2v) is 8.12. The standard InChI is InChI=1S/C20H24FN7/c21-15-4-2-14(3-5-15)10-27-8-1-6-20(11-27)7-9-28(12-20)18-16-17(24-13-23-16)25-19(22)26-18/h2-5,13H,1,6-12H2,(H3,22,23,24,25,26)/t20-/m0/s1. The molecule has 2 aliphatic rings. The number of anilines is 2. The lowest BCUT2D eigenvalue weighted by Crippen LogP contribution is -2.44. The zero-order chi connectivity index (χ0) is 19.1. The maximum Gasteiger partial charge on any atom is 0.224 e. The van der Waals surface area contributed by atoms with Gasteiger partial charge in [0.1, 0.15) is 11.3 Å². The fraction of sp³-hybridized carbons (Fsp3) is 0.450. The van der Waals surface area contributed by atoms with Crippen molar-refractivity contribution in [3.05, 3.63) is 42.0 Å². The van der Waals surface area contributed by atoms with Gasteiger partial charge in [-0.1, -0.05) is 12.1 Å². The van der Waals surface area contributed by atoms with Crippen LogP contribution in [0.1, 0.15) is 24.8 Å². The summed E-state index contributed by atoms with van der Waals surface area (Å²) in [4.78, 5) is 20.9. The number of H-pyrrole nitrogens is 1. The molecule has 2 fully saturated rings. The summed E-state index contributed by atoms with van der Waals surface area (Å²) in [6, 6.07) is 6.86. The topological polar surface area (TPSA) is 87.0 Å². The molecule has 2 aromatic heterocycles. The van der Waals surface area contributed by atoms with Gasteiger partial charge >= 0.3 is 0 Å². The van der Waals surface area contributed by atoms with Gasteiger partial charge in [-0.2, -0.15) is 9.97 Å². The number of fused-ring (bicyclic) bond motifs is 1. The largest absolute Gasteiger partial charge is 0.368 e. The van der Waals surface area contributed by atoms with Crippen molar-refractivity contribution in [3.8, 4) is 0 Å². The molecule has 4 heterocycles. The Hall–Kier alpha value is -2.74. The van der Waals surface area contributed by atoms with Crippen molar-refractivity contribution >= 4 is 22.9 Å². The third-order valence-electron chi connectivity index (χ3n) is 6.08. The first-order valence-electron chi connectivity index (χ1n) is 9.79. The van der Waals surface area contributed by atoms with Crippen LogP contribution in [0.3, 0.4) is 0 Å². The fourth-order valence-electron chi connectivity index (χ4n) is 4.81. The Morgan fingerprint density at radius 1 is 1.11 bits per heavy atom. The molecule has 1 aromatic carbocycles. The number of rotatable bonds is 3. The van der Waals surface area contributed by atoms with Crippen LogP contribution < -0.4 is 10.6 Å². The van der Waals surface area contributed by atoms with Crippen LogP contribution in [-0.4, -0.2) is 51.0 Å². The van der Waals surface area contributed by atoms with Crippen molar-refractivity contribution in [1.29, 1.82) is 0 Å². The molecule has 0 amide bonds. The van der Waals surface area contributed by atoms with Gasteiger partial charge in [0.25, 0.3) is 0 Å². The molecular formula is C20H24FN7. The number of nitrogen functional groups attached to an aromatic ring is 1. The van der Waals surface area contributed by atoms with Crippen LogP contribution in [0.5, 0.6) is 0 Å². The molecule has 3 N–H and O–H groups in total. The predicted octanol–water partition coefficient (Wildman–Crippen LogP) is 2.57. The van der Waals surface area contributed by atoms with Crippen molar-refractivity contribution in [2.75, 3.05) is 36.8 Å². The Bertz CT molecular complexity index is 986. The maximum absolute atomic E-state index is 13.2. The van der Waals surface area contributed by atoms with Crippen LogP contribution in [0.25, 0.3) is 11.2 Å². The van der Waals surface area contributed by atoms with Crippen molar-refractivity contribution in [3.63, 3.8) is 0 Å². The minimum Gasteiger partial charge on any atom is -0.368 e. The Morgan fingerprint density at radius 2 is 1.96 bits per heavy atom. The van der Waals surface area contributed by atoms with Crippen LogP contribution in [0.15, 0.2) is 30.6 Å². The Labute approximate surface area is 162 Å². The Balaban J connectivity index is 1.33. The van der Waals surface area contributed by atoms with Gasteiger partial charge < -0.3 is 15.6 Å². The van der Waals surface area contributed by atoms with E-state index in [1.807, 2.05) is 12.1 Å². The summed E-state index contributed by atoms with van der Waals surface area (Å²) in [7, 11) is 0.